The monoisotopic (exact) mass is 284 g/mol. The van der Waals surface area contributed by atoms with E-state index in [9.17, 15) is 4.79 Å². The van der Waals surface area contributed by atoms with Gasteiger partial charge in [0.1, 0.15) is 0 Å². The van der Waals surface area contributed by atoms with E-state index in [1.807, 2.05) is 35.0 Å². The highest BCUT2D eigenvalue weighted by Crippen LogP contribution is 2.20. The summed E-state index contributed by atoms with van der Waals surface area (Å²) in [5.74, 6) is 0.583. The van der Waals surface area contributed by atoms with E-state index in [0.29, 0.717) is 12.0 Å². The quantitative estimate of drug-likeness (QED) is 0.865. The molecule has 3 rings (SSSR count). The number of fused-ring (bicyclic) bond motifs is 1. The third kappa shape index (κ3) is 3.03. The molecule has 0 saturated carbocycles. The van der Waals surface area contributed by atoms with Crippen molar-refractivity contribution in [2.45, 2.75) is 39.3 Å². The van der Waals surface area contributed by atoms with Gasteiger partial charge in [-0.15, -0.1) is 0 Å². The van der Waals surface area contributed by atoms with Crippen LogP contribution in [0.1, 0.15) is 26.7 Å². The number of benzene rings is 1. The second-order valence-electron chi connectivity index (χ2n) is 6.46. The number of piperidine rings is 1. The van der Waals surface area contributed by atoms with Crippen molar-refractivity contribution in [1.82, 2.24) is 9.47 Å². The van der Waals surface area contributed by atoms with Crippen molar-refractivity contribution in [3.63, 3.8) is 0 Å². The summed E-state index contributed by atoms with van der Waals surface area (Å²) in [6.45, 7) is 7.65. The Balaban J connectivity index is 1.82. The van der Waals surface area contributed by atoms with E-state index in [1.54, 1.807) is 0 Å². The summed E-state index contributed by atoms with van der Waals surface area (Å²) in [5, 5.41) is 1.86. The molecule has 112 valence electrons. The van der Waals surface area contributed by atoms with Crippen LogP contribution in [-0.4, -0.2) is 28.6 Å². The van der Waals surface area contributed by atoms with Gasteiger partial charge < -0.3 is 9.47 Å². The van der Waals surface area contributed by atoms with Gasteiger partial charge in [0, 0.05) is 30.7 Å². The molecule has 2 heterocycles. The number of aromatic nitrogens is 1. The number of hydrogen-bond acceptors (Lipinski definition) is 2. The summed E-state index contributed by atoms with van der Waals surface area (Å²) in [5.41, 5.74) is 0.148. The second kappa shape index (κ2) is 6.02. The molecule has 1 atom stereocenters. The lowest BCUT2D eigenvalue weighted by Gasteiger charge is -2.35. The first-order chi connectivity index (χ1) is 10.1. The predicted octanol–water partition coefficient (Wildman–Crippen LogP) is 3.12. The fraction of sp³-hybridized carbons (Fsp3) is 0.500. The van der Waals surface area contributed by atoms with Crippen LogP contribution in [0.15, 0.2) is 41.3 Å². The summed E-state index contributed by atoms with van der Waals surface area (Å²) in [4.78, 5) is 15.1. The van der Waals surface area contributed by atoms with Gasteiger partial charge in [0.2, 0.25) is 0 Å². The van der Waals surface area contributed by atoms with Gasteiger partial charge in [0.15, 0.2) is 0 Å². The van der Waals surface area contributed by atoms with Crippen LogP contribution in [0.3, 0.4) is 0 Å². The fourth-order valence-electron chi connectivity index (χ4n) is 3.37. The van der Waals surface area contributed by atoms with Crippen molar-refractivity contribution in [3.8, 4) is 0 Å². The molecule has 1 aromatic carbocycles. The van der Waals surface area contributed by atoms with E-state index in [1.165, 1.54) is 19.4 Å². The van der Waals surface area contributed by atoms with E-state index in [2.05, 4.69) is 24.8 Å². The first-order valence-corrected chi connectivity index (χ1v) is 7.97. The van der Waals surface area contributed by atoms with E-state index >= 15 is 0 Å². The van der Waals surface area contributed by atoms with E-state index in [-0.39, 0.29) is 5.56 Å². The molecule has 3 heteroatoms. The third-order valence-corrected chi connectivity index (χ3v) is 4.62. The molecule has 0 bridgehead atoms. The van der Waals surface area contributed by atoms with Crippen molar-refractivity contribution < 1.29 is 0 Å². The summed E-state index contributed by atoms with van der Waals surface area (Å²) in [6, 6.07) is 10.5. The first-order valence-electron chi connectivity index (χ1n) is 7.97. The summed E-state index contributed by atoms with van der Waals surface area (Å²) in [6.07, 6.45) is 4.42. The van der Waals surface area contributed by atoms with Gasteiger partial charge in [0.25, 0.3) is 5.56 Å². The van der Waals surface area contributed by atoms with Crippen molar-refractivity contribution in [2.75, 3.05) is 13.1 Å². The Morgan fingerprint density at radius 2 is 2.05 bits per heavy atom. The largest absolute Gasteiger partial charge is 0.315 e. The standard InChI is InChI=1S/C18H24N2O/c1-14(2)19-10-5-6-15(12-19)13-20-11-9-16-7-3-4-8-17(16)18(20)21/h3-4,7-9,11,14-15H,5-6,10,12-13H2,1-2H3. The molecule has 1 fully saturated rings. The van der Waals surface area contributed by atoms with Crippen LogP contribution in [-0.2, 0) is 6.54 Å². The number of hydrogen-bond donors (Lipinski definition) is 0. The average molecular weight is 284 g/mol. The molecule has 0 amide bonds. The molecule has 3 nitrogen and oxygen atoms in total. The van der Waals surface area contributed by atoms with Crippen LogP contribution >= 0.6 is 0 Å². The predicted molar refractivity (Wildman–Crippen MR) is 87.6 cm³/mol. The normalized spacial score (nSPS) is 20.2. The second-order valence-corrected chi connectivity index (χ2v) is 6.46. The van der Waals surface area contributed by atoms with Crippen LogP contribution in [0.5, 0.6) is 0 Å². The Labute approximate surface area is 126 Å². The topological polar surface area (TPSA) is 25.2 Å². The maximum atomic E-state index is 12.6. The Bertz CT molecular complexity index is 674. The zero-order valence-electron chi connectivity index (χ0n) is 13.0. The molecular formula is C18H24N2O. The maximum Gasteiger partial charge on any atom is 0.258 e. The molecule has 0 aliphatic carbocycles. The van der Waals surface area contributed by atoms with Gasteiger partial charge in [-0.2, -0.15) is 0 Å². The first kappa shape index (κ1) is 14.3. The van der Waals surface area contributed by atoms with Gasteiger partial charge in [-0.05, 0) is 56.7 Å². The maximum absolute atomic E-state index is 12.6. The van der Waals surface area contributed by atoms with Crippen LogP contribution in [0.2, 0.25) is 0 Å². The Hall–Kier alpha value is -1.61. The molecule has 1 aliphatic rings. The van der Waals surface area contributed by atoms with Gasteiger partial charge >= 0.3 is 0 Å². The Morgan fingerprint density at radius 3 is 2.86 bits per heavy atom. The molecule has 1 unspecified atom stereocenters. The molecule has 2 aromatic rings. The number of likely N-dealkylation sites (tertiary alicyclic amines) is 1. The van der Waals surface area contributed by atoms with E-state index < -0.39 is 0 Å². The van der Waals surface area contributed by atoms with Crippen LogP contribution in [0, 0.1) is 5.92 Å². The highest BCUT2D eigenvalue weighted by Gasteiger charge is 2.22. The van der Waals surface area contributed by atoms with Gasteiger partial charge in [-0.1, -0.05) is 18.2 Å². The SMILES string of the molecule is CC(C)N1CCCC(Cn2ccc3ccccc3c2=O)C1. The molecule has 1 aliphatic heterocycles. The molecule has 1 saturated heterocycles. The van der Waals surface area contributed by atoms with Crippen molar-refractivity contribution in [3.05, 3.63) is 46.9 Å². The lowest BCUT2D eigenvalue weighted by molar-refractivity contribution is 0.130. The smallest absolute Gasteiger partial charge is 0.258 e. The number of pyridine rings is 1. The van der Waals surface area contributed by atoms with Crippen molar-refractivity contribution in [2.24, 2.45) is 5.92 Å². The lowest BCUT2D eigenvalue weighted by atomic mass is 9.96. The average Bonchev–Trinajstić information content (AvgIpc) is 2.51. The van der Waals surface area contributed by atoms with E-state index in [0.717, 1.165) is 23.9 Å². The van der Waals surface area contributed by atoms with Crippen LogP contribution in [0.25, 0.3) is 10.8 Å². The molecule has 0 N–H and O–H groups in total. The van der Waals surface area contributed by atoms with E-state index in [4.69, 9.17) is 0 Å². The van der Waals surface area contributed by atoms with Crippen LogP contribution in [0.4, 0.5) is 0 Å². The Kier molecular flexibility index (Phi) is 4.11. The Morgan fingerprint density at radius 1 is 1.24 bits per heavy atom. The minimum Gasteiger partial charge on any atom is -0.315 e. The lowest BCUT2D eigenvalue weighted by Crippen LogP contribution is -2.41. The molecule has 1 aromatic heterocycles. The fourth-order valence-corrected chi connectivity index (χ4v) is 3.37. The van der Waals surface area contributed by atoms with Gasteiger partial charge in [-0.25, -0.2) is 0 Å². The minimum absolute atomic E-state index is 0.148. The summed E-state index contributed by atoms with van der Waals surface area (Å²) in [7, 11) is 0. The third-order valence-electron chi connectivity index (χ3n) is 4.62. The zero-order chi connectivity index (χ0) is 14.8. The molecular weight excluding hydrogens is 260 g/mol. The number of nitrogens with zero attached hydrogens (tertiary/aromatic N) is 2. The highest BCUT2D eigenvalue weighted by molar-refractivity contribution is 5.81. The summed E-state index contributed by atoms with van der Waals surface area (Å²) >= 11 is 0. The minimum atomic E-state index is 0.148. The molecule has 0 radical (unpaired) electrons. The molecule has 0 spiro atoms. The molecule has 21 heavy (non-hydrogen) atoms. The van der Waals surface area contributed by atoms with Gasteiger partial charge in [-0.3, -0.25) is 4.79 Å². The van der Waals surface area contributed by atoms with Crippen molar-refractivity contribution in [1.29, 1.82) is 0 Å². The zero-order valence-corrected chi connectivity index (χ0v) is 13.0. The number of rotatable bonds is 3. The van der Waals surface area contributed by atoms with Crippen molar-refractivity contribution >= 4 is 10.8 Å². The van der Waals surface area contributed by atoms with Gasteiger partial charge in [0.05, 0.1) is 0 Å². The summed E-state index contributed by atoms with van der Waals surface area (Å²) < 4.78 is 1.90. The van der Waals surface area contributed by atoms with Crippen LogP contribution < -0.4 is 5.56 Å². The highest BCUT2D eigenvalue weighted by atomic mass is 16.1.